The molecule has 0 saturated carbocycles. The fourth-order valence-electron chi connectivity index (χ4n) is 4.03. The second-order valence-corrected chi connectivity index (χ2v) is 8.94. The van der Waals surface area contributed by atoms with Crippen molar-refractivity contribution in [2.24, 2.45) is 5.41 Å². The topological polar surface area (TPSA) is 46.6 Å². The summed E-state index contributed by atoms with van der Waals surface area (Å²) in [5, 5.41) is 1.96. The summed E-state index contributed by atoms with van der Waals surface area (Å²) < 4.78 is 44.7. The number of piperidine rings is 1. The van der Waals surface area contributed by atoms with Gasteiger partial charge in [-0.25, -0.2) is 0 Å². The predicted octanol–water partition coefficient (Wildman–Crippen LogP) is 5.36. The summed E-state index contributed by atoms with van der Waals surface area (Å²) in [5.74, 6) is -0.307. The minimum atomic E-state index is -4.42. The van der Waals surface area contributed by atoms with Crippen molar-refractivity contribution in [2.45, 2.75) is 45.8 Å². The largest absolute Gasteiger partial charge is 0.466 e. The van der Waals surface area contributed by atoms with E-state index in [-0.39, 0.29) is 24.8 Å². The Kier molecular flexibility index (Phi) is 7.21. The summed E-state index contributed by atoms with van der Waals surface area (Å²) in [6.45, 7) is 5.43. The first kappa shape index (κ1) is 23.5. The number of ether oxygens (including phenoxy) is 1. The summed E-state index contributed by atoms with van der Waals surface area (Å²) in [6.07, 6.45) is -3.19. The van der Waals surface area contributed by atoms with E-state index in [1.54, 1.807) is 13.0 Å². The first-order valence-corrected chi connectivity index (χ1v) is 11.1. The summed E-state index contributed by atoms with van der Waals surface area (Å²) in [7, 11) is 0. The third-order valence-electron chi connectivity index (χ3n) is 5.73. The lowest BCUT2D eigenvalue weighted by Crippen LogP contribution is -2.46. The summed E-state index contributed by atoms with van der Waals surface area (Å²) in [4.78, 5) is 27.3. The predicted molar refractivity (Wildman–Crippen MR) is 113 cm³/mol. The molecule has 1 aromatic carbocycles. The molecule has 31 heavy (non-hydrogen) atoms. The second-order valence-electron chi connectivity index (χ2n) is 8.03. The fourth-order valence-corrected chi connectivity index (χ4v) is 4.83. The van der Waals surface area contributed by atoms with Gasteiger partial charge in [0.15, 0.2) is 5.78 Å². The van der Waals surface area contributed by atoms with Gasteiger partial charge in [-0.1, -0.05) is 18.2 Å². The highest BCUT2D eigenvalue weighted by Gasteiger charge is 2.43. The van der Waals surface area contributed by atoms with E-state index in [0.717, 1.165) is 22.6 Å². The van der Waals surface area contributed by atoms with Crippen LogP contribution in [0, 0.1) is 5.41 Å². The molecule has 2 heterocycles. The highest BCUT2D eigenvalue weighted by molar-refractivity contribution is 7.12. The van der Waals surface area contributed by atoms with Crippen LogP contribution in [0.15, 0.2) is 35.7 Å². The normalized spacial score (nSPS) is 16.8. The molecule has 1 aliphatic heterocycles. The van der Waals surface area contributed by atoms with Crippen LogP contribution in [0.25, 0.3) is 0 Å². The Morgan fingerprint density at radius 3 is 2.45 bits per heavy atom. The zero-order valence-electron chi connectivity index (χ0n) is 17.6. The molecule has 0 N–H and O–H groups in total. The quantitative estimate of drug-likeness (QED) is 0.418. The smallest absolute Gasteiger partial charge is 0.416 e. The van der Waals surface area contributed by atoms with Crippen LogP contribution in [-0.2, 0) is 28.7 Å². The molecule has 1 aromatic heterocycles. The van der Waals surface area contributed by atoms with E-state index in [4.69, 9.17) is 4.74 Å². The molecule has 1 aliphatic rings. The lowest BCUT2D eigenvalue weighted by atomic mass is 9.73. The lowest BCUT2D eigenvalue weighted by molar-refractivity contribution is -0.158. The number of likely N-dealkylation sites (tertiary alicyclic amines) is 1. The molecule has 0 aliphatic carbocycles. The summed E-state index contributed by atoms with van der Waals surface area (Å²) in [6, 6.07) is 7.08. The molecule has 0 bridgehead atoms. The van der Waals surface area contributed by atoms with E-state index >= 15 is 0 Å². The molecule has 4 nitrogen and oxygen atoms in total. The molecule has 0 spiro atoms. The van der Waals surface area contributed by atoms with Gasteiger partial charge in [-0.2, -0.15) is 13.2 Å². The molecule has 0 radical (unpaired) electrons. The standard InChI is InChI=1S/C23H26F3NO3S/c1-3-30-21(29)22(13-17-5-4-6-19(11-17)23(24,25)26)7-9-27(10-8-22)14-18-12-20(16(2)28)31-15-18/h4-6,11-12,15H,3,7-10,13-14H2,1-2H3. The maximum atomic E-state index is 13.1. The number of hydrogen-bond acceptors (Lipinski definition) is 5. The number of rotatable bonds is 7. The van der Waals surface area contributed by atoms with Gasteiger partial charge < -0.3 is 4.74 Å². The van der Waals surface area contributed by atoms with Crippen LogP contribution in [0.3, 0.4) is 0 Å². The molecule has 1 saturated heterocycles. The van der Waals surface area contributed by atoms with Gasteiger partial charge in [-0.05, 0) is 74.8 Å². The Balaban J connectivity index is 1.73. The van der Waals surface area contributed by atoms with Crippen LogP contribution < -0.4 is 0 Å². The van der Waals surface area contributed by atoms with Crippen molar-refractivity contribution in [3.8, 4) is 0 Å². The van der Waals surface area contributed by atoms with Crippen molar-refractivity contribution in [2.75, 3.05) is 19.7 Å². The number of benzene rings is 1. The Labute approximate surface area is 184 Å². The SMILES string of the molecule is CCOC(=O)C1(Cc2cccc(C(F)(F)F)c2)CCN(Cc2csc(C(C)=O)c2)CC1. The molecular formula is C23H26F3NO3S. The number of hydrogen-bond donors (Lipinski definition) is 0. The number of nitrogens with zero attached hydrogens (tertiary/aromatic N) is 1. The van der Waals surface area contributed by atoms with E-state index in [9.17, 15) is 22.8 Å². The second kappa shape index (κ2) is 9.53. The zero-order chi connectivity index (χ0) is 22.6. The molecule has 0 amide bonds. The fraction of sp³-hybridized carbons (Fsp3) is 0.478. The number of alkyl halides is 3. The van der Waals surface area contributed by atoms with Gasteiger partial charge in [-0.3, -0.25) is 14.5 Å². The number of esters is 1. The third-order valence-corrected chi connectivity index (χ3v) is 6.81. The monoisotopic (exact) mass is 453 g/mol. The van der Waals surface area contributed by atoms with E-state index in [2.05, 4.69) is 4.90 Å². The van der Waals surface area contributed by atoms with Crippen LogP contribution in [0.1, 0.15) is 53.1 Å². The van der Waals surface area contributed by atoms with Crippen molar-refractivity contribution in [3.63, 3.8) is 0 Å². The zero-order valence-corrected chi connectivity index (χ0v) is 18.4. The molecular weight excluding hydrogens is 427 g/mol. The van der Waals surface area contributed by atoms with Gasteiger partial charge in [0.05, 0.1) is 22.5 Å². The minimum absolute atomic E-state index is 0.0392. The molecule has 3 rings (SSSR count). The van der Waals surface area contributed by atoms with Crippen molar-refractivity contribution in [1.82, 2.24) is 4.90 Å². The first-order valence-electron chi connectivity index (χ1n) is 10.3. The highest BCUT2D eigenvalue weighted by Crippen LogP contribution is 2.38. The summed E-state index contributed by atoms with van der Waals surface area (Å²) in [5.41, 5.74) is -0.00668. The van der Waals surface area contributed by atoms with Crippen molar-refractivity contribution >= 4 is 23.1 Å². The van der Waals surface area contributed by atoms with E-state index in [1.165, 1.54) is 24.3 Å². The Morgan fingerprint density at radius 2 is 1.87 bits per heavy atom. The molecule has 0 atom stereocenters. The van der Waals surface area contributed by atoms with Crippen LogP contribution in [0.5, 0.6) is 0 Å². The van der Waals surface area contributed by atoms with Crippen LogP contribution in [0.4, 0.5) is 13.2 Å². The minimum Gasteiger partial charge on any atom is -0.466 e. The Morgan fingerprint density at radius 1 is 1.16 bits per heavy atom. The first-order chi connectivity index (χ1) is 14.6. The Hall–Kier alpha value is -2.19. The number of carbonyl (C=O) groups excluding carboxylic acids is 2. The van der Waals surface area contributed by atoms with Gasteiger partial charge in [0.2, 0.25) is 0 Å². The van der Waals surface area contributed by atoms with Crippen LogP contribution in [0.2, 0.25) is 0 Å². The van der Waals surface area contributed by atoms with Gasteiger partial charge in [-0.15, -0.1) is 11.3 Å². The van der Waals surface area contributed by atoms with Crippen molar-refractivity contribution < 1.29 is 27.5 Å². The van der Waals surface area contributed by atoms with Crippen LogP contribution >= 0.6 is 11.3 Å². The number of carbonyl (C=O) groups is 2. The Bertz CT molecular complexity index is 930. The highest BCUT2D eigenvalue weighted by atomic mass is 32.1. The van der Waals surface area contributed by atoms with E-state index in [0.29, 0.717) is 38.0 Å². The maximum absolute atomic E-state index is 13.1. The van der Waals surface area contributed by atoms with Gasteiger partial charge in [0, 0.05) is 6.54 Å². The average Bonchev–Trinajstić information content (AvgIpc) is 3.18. The third kappa shape index (κ3) is 5.74. The number of ketones is 1. The number of thiophene rings is 1. The van der Waals surface area contributed by atoms with E-state index < -0.39 is 17.2 Å². The van der Waals surface area contributed by atoms with Crippen molar-refractivity contribution in [3.05, 3.63) is 57.3 Å². The summed E-state index contributed by atoms with van der Waals surface area (Å²) >= 11 is 1.42. The molecule has 168 valence electrons. The molecule has 2 aromatic rings. The average molecular weight is 454 g/mol. The lowest BCUT2D eigenvalue weighted by Gasteiger charge is -2.40. The van der Waals surface area contributed by atoms with Crippen LogP contribution in [-0.4, -0.2) is 36.3 Å². The maximum Gasteiger partial charge on any atom is 0.416 e. The number of halogens is 3. The molecule has 8 heteroatoms. The van der Waals surface area contributed by atoms with E-state index in [1.807, 2.05) is 11.4 Å². The number of Topliss-reactive ketones (excluding diaryl/α,β-unsaturated/α-hetero) is 1. The molecule has 1 fully saturated rings. The van der Waals surface area contributed by atoms with Gasteiger partial charge >= 0.3 is 12.1 Å². The molecule has 0 unspecified atom stereocenters. The van der Waals surface area contributed by atoms with Crippen molar-refractivity contribution in [1.29, 1.82) is 0 Å². The van der Waals surface area contributed by atoms with Gasteiger partial charge in [0.1, 0.15) is 0 Å². The van der Waals surface area contributed by atoms with Gasteiger partial charge in [0.25, 0.3) is 0 Å².